The molecule has 1 aromatic carbocycles. The lowest BCUT2D eigenvalue weighted by Gasteiger charge is -2.32. The first-order valence-corrected chi connectivity index (χ1v) is 7.32. The molecule has 1 heterocycles. The second-order valence-corrected chi connectivity index (χ2v) is 5.89. The van der Waals surface area contributed by atoms with Gasteiger partial charge in [0.25, 0.3) is 0 Å². The molecule has 0 spiro atoms. The Morgan fingerprint density at radius 1 is 1.43 bits per heavy atom. The fraction of sp³-hybridized carbons (Fsp3) is 0.500. The van der Waals surface area contributed by atoms with E-state index in [4.69, 9.17) is 5.11 Å². The molecule has 1 atom stereocenters. The largest absolute Gasteiger partial charge is 0.481 e. The number of aliphatic carboxylic acids is 1. The first kappa shape index (κ1) is 15.5. The summed E-state index contributed by atoms with van der Waals surface area (Å²) < 4.78 is 0. The maximum atomic E-state index is 12.4. The standard InChI is InChI=1S/C16H22N2O3/c1-16(8-3-9-17-11-16)15(21)18-13-5-2-4-12(10-13)6-7-14(19)20/h2,4-5,10,17H,3,6-9,11H2,1H3,(H,18,21)(H,19,20). The van der Waals surface area contributed by atoms with E-state index in [1.54, 1.807) is 0 Å². The van der Waals surface area contributed by atoms with Crippen molar-refractivity contribution in [2.45, 2.75) is 32.6 Å². The number of carboxylic acid groups (broad SMARTS) is 1. The summed E-state index contributed by atoms with van der Waals surface area (Å²) in [6.07, 6.45) is 2.45. The number of carboxylic acids is 1. The summed E-state index contributed by atoms with van der Waals surface area (Å²) in [7, 11) is 0. The highest BCUT2D eigenvalue weighted by Crippen LogP contribution is 2.27. The van der Waals surface area contributed by atoms with Gasteiger partial charge in [-0.2, -0.15) is 0 Å². The summed E-state index contributed by atoms with van der Waals surface area (Å²) in [4.78, 5) is 23.0. The second-order valence-electron chi connectivity index (χ2n) is 5.89. The normalized spacial score (nSPS) is 21.8. The van der Waals surface area contributed by atoms with E-state index < -0.39 is 5.97 Å². The lowest BCUT2D eigenvalue weighted by molar-refractivity contribution is -0.137. The molecule has 0 radical (unpaired) electrons. The zero-order valence-electron chi connectivity index (χ0n) is 12.3. The van der Waals surface area contributed by atoms with Gasteiger partial charge in [-0.3, -0.25) is 9.59 Å². The monoisotopic (exact) mass is 290 g/mol. The number of carbonyl (C=O) groups excluding carboxylic acids is 1. The second kappa shape index (κ2) is 6.72. The number of rotatable bonds is 5. The van der Waals surface area contributed by atoms with E-state index in [9.17, 15) is 9.59 Å². The number of hydrogen-bond acceptors (Lipinski definition) is 3. The third-order valence-corrected chi connectivity index (χ3v) is 3.96. The predicted molar refractivity (Wildman–Crippen MR) is 81.2 cm³/mol. The van der Waals surface area contributed by atoms with Gasteiger partial charge in [0.05, 0.1) is 5.41 Å². The molecule has 21 heavy (non-hydrogen) atoms. The lowest BCUT2D eigenvalue weighted by atomic mass is 9.82. The molecule has 1 amide bonds. The fourth-order valence-electron chi connectivity index (χ4n) is 2.59. The van der Waals surface area contributed by atoms with Gasteiger partial charge in [-0.05, 0) is 50.4 Å². The Morgan fingerprint density at radius 2 is 2.24 bits per heavy atom. The molecule has 0 saturated carbocycles. The third kappa shape index (κ3) is 4.29. The van der Waals surface area contributed by atoms with Crippen LogP contribution in [-0.4, -0.2) is 30.1 Å². The van der Waals surface area contributed by atoms with Crippen LogP contribution in [0.15, 0.2) is 24.3 Å². The van der Waals surface area contributed by atoms with Crippen LogP contribution in [0.4, 0.5) is 5.69 Å². The number of benzene rings is 1. The third-order valence-electron chi connectivity index (χ3n) is 3.96. The highest BCUT2D eigenvalue weighted by Gasteiger charge is 2.34. The van der Waals surface area contributed by atoms with Crippen molar-refractivity contribution in [1.82, 2.24) is 5.32 Å². The zero-order chi connectivity index (χ0) is 15.3. The van der Waals surface area contributed by atoms with Crippen LogP contribution in [0.3, 0.4) is 0 Å². The van der Waals surface area contributed by atoms with E-state index in [1.807, 2.05) is 31.2 Å². The number of amides is 1. The minimum Gasteiger partial charge on any atom is -0.481 e. The molecule has 1 saturated heterocycles. The first-order chi connectivity index (χ1) is 9.99. The molecule has 114 valence electrons. The van der Waals surface area contributed by atoms with Crippen molar-refractivity contribution in [1.29, 1.82) is 0 Å². The Kier molecular flexibility index (Phi) is 4.96. The fourth-order valence-corrected chi connectivity index (χ4v) is 2.59. The van der Waals surface area contributed by atoms with E-state index in [0.29, 0.717) is 13.0 Å². The molecule has 3 N–H and O–H groups in total. The molecule has 0 aliphatic carbocycles. The number of aryl methyl sites for hydroxylation is 1. The highest BCUT2D eigenvalue weighted by atomic mass is 16.4. The summed E-state index contributed by atoms with van der Waals surface area (Å²) in [5.41, 5.74) is 1.27. The van der Waals surface area contributed by atoms with Crippen molar-refractivity contribution >= 4 is 17.6 Å². The van der Waals surface area contributed by atoms with Gasteiger partial charge in [0.1, 0.15) is 0 Å². The first-order valence-electron chi connectivity index (χ1n) is 7.32. The molecular formula is C16H22N2O3. The Hall–Kier alpha value is -1.88. The summed E-state index contributed by atoms with van der Waals surface area (Å²) in [5, 5.41) is 14.9. The SMILES string of the molecule is CC1(C(=O)Nc2cccc(CCC(=O)O)c2)CCCNC1. The molecule has 0 aromatic heterocycles. The number of hydrogen-bond donors (Lipinski definition) is 3. The molecule has 2 rings (SSSR count). The maximum absolute atomic E-state index is 12.4. The van der Waals surface area contributed by atoms with Crippen LogP contribution in [0.5, 0.6) is 0 Å². The summed E-state index contributed by atoms with van der Waals surface area (Å²) >= 11 is 0. The van der Waals surface area contributed by atoms with E-state index in [-0.39, 0.29) is 17.7 Å². The van der Waals surface area contributed by atoms with Gasteiger partial charge in [0.15, 0.2) is 0 Å². The molecule has 1 unspecified atom stereocenters. The van der Waals surface area contributed by atoms with Crippen molar-refractivity contribution in [3.63, 3.8) is 0 Å². The van der Waals surface area contributed by atoms with Gasteiger partial charge in [-0.1, -0.05) is 12.1 Å². The quantitative estimate of drug-likeness (QED) is 0.775. The van der Waals surface area contributed by atoms with E-state index >= 15 is 0 Å². The Balaban J connectivity index is 2.00. The predicted octanol–water partition coefficient (Wildman–Crippen LogP) is 2.03. The zero-order valence-corrected chi connectivity index (χ0v) is 12.3. The van der Waals surface area contributed by atoms with Gasteiger partial charge in [0, 0.05) is 18.7 Å². The Bertz CT molecular complexity index is 522. The number of piperidine rings is 1. The molecule has 0 bridgehead atoms. The van der Waals surface area contributed by atoms with Gasteiger partial charge >= 0.3 is 5.97 Å². The molecule has 1 aliphatic heterocycles. The minimum absolute atomic E-state index is 0.0186. The van der Waals surface area contributed by atoms with Crippen molar-refractivity contribution < 1.29 is 14.7 Å². The van der Waals surface area contributed by atoms with Gasteiger partial charge in [-0.15, -0.1) is 0 Å². The lowest BCUT2D eigenvalue weighted by Crippen LogP contribution is -2.46. The van der Waals surface area contributed by atoms with Crippen molar-refractivity contribution in [3.05, 3.63) is 29.8 Å². The van der Waals surface area contributed by atoms with Crippen LogP contribution in [0.25, 0.3) is 0 Å². The van der Waals surface area contributed by atoms with Crippen LogP contribution >= 0.6 is 0 Å². The van der Waals surface area contributed by atoms with Crippen molar-refractivity contribution in [2.24, 2.45) is 5.41 Å². The number of nitrogens with one attached hydrogen (secondary N) is 2. The van der Waals surface area contributed by atoms with E-state index in [1.165, 1.54) is 0 Å². The van der Waals surface area contributed by atoms with Crippen molar-refractivity contribution in [2.75, 3.05) is 18.4 Å². The molecule has 1 aliphatic rings. The topological polar surface area (TPSA) is 78.4 Å². The van der Waals surface area contributed by atoms with Crippen LogP contribution in [-0.2, 0) is 16.0 Å². The van der Waals surface area contributed by atoms with Crippen LogP contribution in [0, 0.1) is 5.41 Å². The highest BCUT2D eigenvalue weighted by molar-refractivity contribution is 5.95. The molecule has 5 heteroatoms. The average molecular weight is 290 g/mol. The van der Waals surface area contributed by atoms with Crippen LogP contribution in [0.1, 0.15) is 31.7 Å². The molecule has 1 fully saturated rings. The summed E-state index contributed by atoms with van der Waals surface area (Å²) in [5.74, 6) is -0.796. The van der Waals surface area contributed by atoms with Gasteiger partial charge in [-0.25, -0.2) is 0 Å². The molecule has 1 aromatic rings. The Morgan fingerprint density at radius 3 is 2.90 bits per heavy atom. The smallest absolute Gasteiger partial charge is 0.303 e. The summed E-state index contributed by atoms with van der Waals surface area (Å²) in [6.45, 7) is 3.63. The van der Waals surface area contributed by atoms with Gasteiger partial charge in [0.2, 0.25) is 5.91 Å². The molecule has 5 nitrogen and oxygen atoms in total. The Labute approximate surface area is 124 Å². The number of anilines is 1. The minimum atomic E-state index is -0.815. The maximum Gasteiger partial charge on any atom is 0.303 e. The average Bonchev–Trinajstić information content (AvgIpc) is 2.46. The molecular weight excluding hydrogens is 268 g/mol. The van der Waals surface area contributed by atoms with Crippen LogP contribution in [0.2, 0.25) is 0 Å². The van der Waals surface area contributed by atoms with E-state index in [2.05, 4.69) is 10.6 Å². The van der Waals surface area contributed by atoms with Crippen molar-refractivity contribution in [3.8, 4) is 0 Å². The van der Waals surface area contributed by atoms with Crippen LogP contribution < -0.4 is 10.6 Å². The number of carbonyl (C=O) groups is 2. The van der Waals surface area contributed by atoms with Gasteiger partial charge < -0.3 is 15.7 Å². The summed E-state index contributed by atoms with van der Waals surface area (Å²) in [6, 6.07) is 7.40. The van der Waals surface area contributed by atoms with E-state index in [0.717, 1.165) is 30.6 Å².